The second-order valence-corrected chi connectivity index (χ2v) is 5.60. The largest absolute Gasteiger partial charge is 0.314 e. The highest BCUT2D eigenvalue weighted by Gasteiger charge is 2.16. The van der Waals surface area contributed by atoms with Gasteiger partial charge in [0.15, 0.2) is 0 Å². The van der Waals surface area contributed by atoms with Crippen LogP contribution in [0.15, 0.2) is 28.7 Å². The molecule has 1 aliphatic rings. The molecule has 2 rings (SSSR count). The molecular weight excluding hydrogens is 306 g/mol. The lowest BCUT2D eigenvalue weighted by molar-refractivity contribution is -0.118. The van der Waals surface area contributed by atoms with E-state index in [9.17, 15) is 4.79 Å². The van der Waals surface area contributed by atoms with Crippen molar-refractivity contribution >= 4 is 27.5 Å². The third kappa shape index (κ3) is 4.03. The first kappa shape index (κ1) is 14.5. The molecule has 0 atom stereocenters. The van der Waals surface area contributed by atoms with Gasteiger partial charge in [-0.25, -0.2) is 0 Å². The van der Waals surface area contributed by atoms with Crippen LogP contribution in [-0.4, -0.2) is 50.6 Å². The lowest BCUT2D eigenvalue weighted by Gasteiger charge is -2.27. The monoisotopic (exact) mass is 325 g/mol. The third-order valence-corrected chi connectivity index (χ3v) is 4.11. The summed E-state index contributed by atoms with van der Waals surface area (Å²) in [4.78, 5) is 16.3. The second-order valence-electron chi connectivity index (χ2n) is 4.75. The number of benzene rings is 1. The molecule has 0 aromatic heterocycles. The number of hydrogen-bond donors (Lipinski definition) is 1. The molecule has 4 nitrogen and oxygen atoms in total. The van der Waals surface area contributed by atoms with E-state index in [-0.39, 0.29) is 5.91 Å². The minimum atomic E-state index is 0.158. The first-order chi connectivity index (χ1) is 9.18. The number of carbonyl (C=O) groups excluding carboxylic acids is 1. The fourth-order valence-electron chi connectivity index (χ4n) is 2.21. The summed E-state index contributed by atoms with van der Waals surface area (Å²) in [5.41, 5.74) is 0.924. The Morgan fingerprint density at radius 1 is 1.37 bits per heavy atom. The highest BCUT2D eigenvalue weighted by atomic mass is 79.9. The average Bonchev–Trinajstić information content (AvgIpc) is 2.45. The number of nitrogens with one attached hydrogen (secondary N) is 1. The lowest BCUT2D eigenvalue weighted by atomic mass is 10.2. The maximum atomic E-state index is 12.2. The Morgan fingerprint density at radius 3 is 2.74 bits per heavy atom. The normalized spacial score (nSPS) is 16.3. The average molecular weight is 326 g/mol. The van der Waals surface area contributed by atoms with Crippen molar-refractivity contribution in [3.63, 3.8) is 0 Å². The van der Waals surface area contributed by atoms with Gasteiger partial charge < -0.3 is 15.1 Å². The zero-order chi connectivity index (χ0) is 13.7. The number of nitrogens with zero attached hydrogens (tertiary/aromatic N) is 2. The first-order valence-corrected chi connectivity index (χ1v) is 7.42. The Balaban J connectivity index is 1.87. The van der Waals surface area contributed by atoms with Gasteiger partial charge in [0.1, 0.15) is 0 Å². The summed E-state index contributed by atoms with van der Waals surface area (Å²) in [7, 11) is 1.83. The molecule has 1 aromatic carbocycles. The number of para-hydroxylation sites is 1. The molecule has 0 saturated carbocycles. The number of hydrogen-bond acceptors (Lipinski definition) is 3. The van der Waals surface area contributed by atoms with Gasteiger partial charge in [0.25, 0.3) is 0 Å². The molecule has 1 fully saturated rings. The smallest absolute Gasteiger partial charge is 0.228 e. The Hall–Kier alpha value is -0.910. The highest BCUT2D eigenvalue weighted by molar-refractivity contribution is 9.10. The van der Waals surface area contributed by atoms with E-state index in [2.05, 4.69) is 26.1 Å². The van der Waals surface area contributed by atoms with Crippen LogP contribution in [0, 0.1) is 0 Å². The molecule has 1 saturated heterocycles. The van der Waals surface area contributed by atoms with Crippen LogP contribution in [0.4, 0.5) is 5.69 Å². The molecule has 1 amide bonds. The maximum Gasteiger partial charge on any atom is 0.228 e. The van der Waals surface area contributed by atoms with E-state index in [0.29, 0.717) is 6.42 Å². The summed E-state index contributed by atoms with van der Waals surface area (Å²) in [5.74, 6) is 0.158. The number of rotatable bonds is 4. The van der Waals surface area contributed by atoms with Crippen LogP contribution in [0.1, 0.15) is 6.42 Å². The second kappa shape index (κ2) is 7.03. The summed E-state index contributed by atoms with van der Waals surface area (Å²) in [6, 6.07) is 7.80. The minimum Gasteiger partial charge on any atom is -0.314 e. The van der Waals surface area contributed by atoms with Crippen molar-refractivity contribution in [1.82, 2.24) is 10.2 Å². The van der Waals surface area contributed by atoms with Gasteiger partial charge in [-0.15, -0.1) is 0 Å². The molecule has 0 spiro atoms. The zero-order valence-corrected chi connectivity index (χ0v) is 12.8. The van der Waals surface area contributed by atoms with Crippen molar-refractivity contribution in [3.05, 3.63) is 28.7 Å². The molecule has 19 heavy (non-hydrogen) atoms. The van der Waals surface area contributed by atoms with E-state index in [1.165, 1.54) is 0 Å². The van der Waals surface area contributed by atoms with Crippen molar-refractivity contribution in [1.29, 1.82) is 0 Å². The van der Waals surface area contributed by atoms with Gasteiger partial charge in [-0.2, -0.15) is 0 Å². The molecule has 1 N–H and O–H groups in total. The van der Waals surface area contributed by atoms with E-state index >= 15 is 0 Å². The summed E-state index contributed by atoms with van der Waals surface area (Å²) in [6.07, 6.45) is 0.567. The van der Waals surface area contributed by atoms with Crippen molar-refractivity contribution in [2.75, 3.05) is 44.7 Å². The summed E-state index contributed by atoms with van der Waals surface area (Å²) in [5, 5.41) is 3.32. The van der Waals surface area contributed by atoms with Crippen LogP contribution in [0.5, 0.6) is 0 Å². The van der Waals surface area contributed by atoms with E-state index in [4.69, 9.17) is 0 Å². The number of carbonyl (C=O) groups is 1. The standard InChI is InChI=1S/C14H20BrN3O/c1-17(13-5-3-2-4-12(13)15)14(19)6-9-18-10-7-16-8-11-18/h2-5,16H,6-11H2,1H3. The number of amides is 1. The Labute approximate surface area is 122 Å². The molecular formula is C14H20BrN3O. The van der Waals surface area contributed by atoms with Crippen molar-refractivity contribution in [2.24, 2.45) is 0 Å². The van der Waals surface area contributed by atoms with Crippen LogP contribution >= 0.6 is 15.9 Å². The zero-order valence-electron chi connectivity index (χ0n) is 11.2. The fraction of sp³-hybridized carbons (Fsp3) is 0.500. The van der Waals surface area contributed by atoms with Gasteiger partial charge in [-0.3, -0.25) is 4.79 Å². The highest BCUT2D eigenvalue weighted by Crippen LogP contribution is 2.25. The summed E-state index contributed by atoms with van der Waals surface area (Å²) >= 11 is 3.48. The lowest BCUT2D eigenvalue weighted by Crippen LogP contribution is -2.44. The van der Waals surface area contributed by atoms with Crippen molar-refractivity contribution in [2.45, 2.75) is 6.42 Å². The number of halogens is 1. The minimum absolute atomic E-state index is 0.158. The van der Waals surface area contributed by atoms with E-state index in [0.717, 1.165) is 42.9 Å². The van der Waals surface area contributed by atoms with Gasteiger partial charge in [-0.05, 0) is 28.1 Å². The van der Waals surface area contributed by atoms with Crippen LogP contribution in [0.25, 0.3) is 0 Å². The molecule has 0 bridgehead atoms. The molecule has 0 radical (unpaired) electrons. The Kier molecular flexibility index (Phi) is 5.36. The van der Waals surface area contributed by atoms with Gasteiger partial charge in [0.2, 0.25) is 5.91 Å². The van der Waals surface area contributed by atoms with E-state index in [1.807, 2.05) is 31.3 Å². The predicted octanol–water partition coefficient (Wildman–Crippen LogP) is 1.71. The molecule has 0 aliphatic carbocycles. The first-order valence-electron chi connectivity index (χ1n) is 6.62. The van der Waals surface area contributed by atoms with Gasteiger partial charge in [0, 0.05) is 50.7 Å². The molecule has 1 aliphatic heterocycles. The van der Waals surface area contributed by atoms with Gasteiger partial charge in [0.05, 0.1) is 5.69 Å². The molecule has 5 heteroatoms. The van der Waals surface area contributed by atoms with Crippen molar-refractivity contribution in [3.8, 4) is 0 Å². The fourth-order valence-corrected chi connectivity index (χ4v) is 2.77. The van der Waals surface area contributed by atoms with Gasteiger partial charge >= 0.3 is 0 Å². The summed E-state index contributed by atoms with van der Waals surface area (Å²) in [6.45, 7) is 4.95. The molecule has 1 heterocycles. The van der Waals surface area contributed by atoms with Crippen LogP contribution in [0.2, 0.25) is 0 Å². The number of anilines is 1. The Bertz CT molecular complexity index is 432. The van der Waals surface area contributed by atoms with Crippen molar-refractivity contribution < 1.29 is 4.79 Å². The third-order valence-electron chi connectivity index (χ3n) is 3.44. The molecule has 1 aromatic rings. The van der Waals surface area contributed by atoms with E-state index < -0.39 is 0 Å². The topological polar surface area (TPSA) is 35.6 Å². The Morgan fingerprint density at radius 2 is 2.05 bits per heavy atom. The van der Waals surface area contributed by atoms with Crippen LogP contribution in [0.3, 0.4) is 0 Å². The van der Waals surface area contributed by atoms with E-state index in [1.54, 1.807) is 4.90 Å². The van der Waals surface area contributed by atoms with Crippen LogP contribution < -0.4 is 10.2 Å². The van der Waals surface area contributed by atoms with Crippen LogP contribution in [-0.2, 0) is 4.79 Å². The predicted molar refractivity (Wildman–Crippen MR) is 81.5 cm³/mol. The maximum absolute atomic E-state index is 12.2. The number of piperazine rings is 1. The summed E-state index contributed by atoms with van der Waals surface area (Å²) < 4.78 is 0.952. The molecule has 104 valence electrons. The SMILES string of the molecule is CN(C(=O)CCN1CCNCC1)c1ccccc1Br. The quantitative estimate of drug-likeness (QED) is 0.915. The molecule has 0 unspecified atom stereocenters. The van der Waals surface area contributed by atoms with Gasteiger partial charge in [-0.1, -0.05) is 12.1 Å².